The summed E-state index contributed by atoms with van der Waals surface area (Å²) in [7, 11) is 0. The molecule has 21 heavy (non-hydrogen) atoms. The number of hydrogen-bond acceptors (Lipinski definition) is 1. The summed E-state index contributed by atoms with van der Waals surface area (Å²) in [6.45, 7) is 0. The lowest BCUT2D eigenvalue weighted by molar-refractivity contribution is 0.0946. The van der Waals surface area contributed by atoms with Gasteiger partial charge in [-0.3, -0.25) is 4.79 Å². The summed E-state index contributed by atoms with van der Waals surface area (Å²) in [5.74, 6) is 2.70. The van der Waals surface area contributed by atoms with Crippen LogP contribution in [0, 0.1) is 17.8 Å². The van der Waals surface area contributed by atoms with Gasteiger partial charge in [0, 0.05) is 16.5 Å². The van der Waals surface area contributed by atoms with E-state index in [0.29, 0.717) is 11.7 Å². The molecule has 0 amide bonds. The number of carbonyl (C=O) groups is 1. The molecule has 0 N–H and O–H groups in total. The molecule has 0 aliphatic heterocycles. The van der Waals surface area contributed by atoms with E-state index in [9.17, 15) is 4.79 Å². The minimum atomic E-state index is 0.330. The highest BCUT2D eigenvalue weighted by Gasteiger charge is 2.40. The van der Waals surface area contributed by atoms with Crippen LogP contribution in [0.4, 0.5) is 0 Å². The van der Waals surface area contributed by atoms with Crippen molar-refractivity contribution in [3.8, 4) is 0 Å². The van der Waals surface area contributed by atoms with Crippen molar-refractivity contribution in [3.05, 3.63) is 46.4 Å². The van der Waals surface area contributed by atoms with Gasteiger partial charge in [0.2, 0.25) is 0 Å². The lowest BCUT2D eigenvalue weighted by Gasteiger charge is -2.21. The molecule has 0 heterocycles. The lowest BCUT2D eigenvalue weighted by Crippen LogP contribution is -2.15. The summed E-state index contributed by atoms with van der Waals surface area (Å²) in [6.07, 6.45) is 6.15. The summed E-state index contributed by atoms with van der Waals surface area (Å²) >= 11 is 3.58. The van der Waals surface area contributed by atoms with Crippen LogP contribution in [-0.2, 0) is 0 Å². The molecule has 4 rings (SSSR count). The molecule has 0 radical (unpaired) electrons. The number of fused-ring (bicyclic) bond motifs is 3. The molecule has 108 valence electrons. The second-order valence-electron chi connectivity index (χ2n) is 6.70. The summed E-state index contributed by atoms with van der Waals surface area (Å²) < 4.78 is 1.06. The SMILES string of the molecule is O=C(CC1CC2CCC1C2)c1ccc(Br)c2ccccc12. The molecule has 2 aromatic carbocycles. The Morgan fingerprint density at radius 1 is 1.05 bits per heavy atom. The van der Waals surface area contributed by atoms with Gasteiger partial charge in [-0.05, 0) is 59.9 Å². The maximum absolute atomic E-state index is 12.8. The van der Waals surface area contributed by atoms with Gasteiger partial charge < -0.3 is 0 Å². The van der Waals surface area contributed by atoms with E-state index < -0.39 is 0 Å². The van der Waals surface area contributed by atoms with Crippen molar-refractivity contribution in [1.29, 1.82) is 0 Å². The third-order valence-corrected chi connectivity index (χ3v) is 6.19. The third-order valence-electron chi connectivity index (χ3n) is 5.50. The minimum absolute atomic E-state index is 0.330. The zero-order valence-electron chi connectivity index (χ0n) is 12.0. The minimum Gasteiger partial charge on any atom is -0.294 e. The first kappa shape index (κ1) is 13.5. The Bertz CT molecular complexity index is 706. The maximum atomic E-state index is 12.8. The van der Waals surface area contributed by atoms with Crippen molar-refractivity contribution >= 4 is 32.5 Å². The quantitative estimate of drug-likeness (QED) is 0.662. The number of halogens is 1. The molecule has 2 aromatic rings. The Kier molecular flexibility index (Phi) is 3.37. The van der Waals surface area contributed by atoms with Gasteiger partial charge in [0.25, 0.3) is 0 Å². The fourth-order valence-electron chi connectivity index (χ4n) is 4.48. The van der Waals surface area contributed by atoms with E-state index in [0.717, 1.165) is 39.1 Å². The monoisotopic (exact) mass is 342 g/mol. The Balaban J connectivity index is 1.64. The molecule has 0 saturated heterocycles. The standard InChI is InChI=1S/C19H19BrO/c20-18-8-7-17(15-3-1-2-4-16(15)18)19(21)11-14-10-12-5-6-13(14)9-12/h1-4,7-8,12-14H,5-6,9-11H2. The molecule has 0 aromatic heterocycles. The number of Topliss-reactive ketones (excluding diaryl/α,β-unsaturated/α-hetero) is 1. The van der Waals surface area contributed by atoms with Crippen LogP contribution in [-0.4, -0.2) is 5.78 Å². The lowest BCUT2D eigenvalue weighted by atomic mass is 9.83. The number of benzene rings is 2. The third kappa shape index (κ3) is 2.34. The maximum Gasteiger partial charge on any atom is 0.163 e. The van der Waals surface area contributed by atoms with Crippen LogP contribution in [0.1, 0.15) is 42.5 Å². The molecule has 2 aliphatic carbocycles. The number of rotatable bonds is 3. The van der Waals surface area contributed by atoms with Gasteiger partial charge in [0.15, 0.2) is 5.78 Å². The molecule has 2 saturated carbocycles. The van der Waals surface area contributed by atoms with Crippen LogP contribution in [0.2, 0.25) is 0 Å². The molecule has 2 bridgehead atoms. The van der Waals surface area contributed by atoms with E-state index in [4.69, 9.17) is 0 Å². The fraction of sp³-hybridized carbons (Fsp3) is 0.421. The second-order valence-corrected chi connectivity index (χ2v) is 7.56. The molecular formula is C19H19BrO. The second kappa shape index (κ2) is 5.24. The average Bonchev–Trinajstić information content (AvgIpc) is 3.10. The largest absolute Gasteiger partial charge is 0.294 e. The number of hydrogen-bond donors (Lipinski definition) is 0. The van der Waals surface area contributed by atoms with Crippen molar-refractivity contribution in [2.75, 3.05) is 0 Å². The predicted molar refractivity (Wildman–Crippen MR) is 89.5 cm³/mol. The number of ketones is 1. The summed E-state index contributed by atoms with van der Waals surface area (Å²) in [5, 5.41) is 2.22. The fourth-order valence-corrected chi connectivity index (χ4v) is 4.96. The first-order valence-electron chi connectivity index (χ1n) is 7.93. The van der Waals surface area contributed by atoms with Crippen LogP contribution >= 0.6 is 15.9 Å². The van der Waals surface area contributed by atoms with Gasteiger partial charge in [-0.1, -0.05) is 46.6 Å². The first-order valence-corrected chi connectivity index (χ1v) is 8.72. The van der Waals surface area contributed by atoms with Crippen molar-refractivity contribution in [2.24, 2.45) is 17.8 Å². The normalized spacial score (nSPS) is 27.4. The van der Waals surface area contributed by atoms with E-state index in [1.165, 1.54) is 25.7 Å². The van der Waals surface area contributed by atoms with Gasteiger partial charge in [-0.2, -0.15) is 0 Å². The van der Waals surface area contributed by atoms with Crippen LogP contribution < -0.4 is 0 Å². The van der Waals surface area contributed by atoms with Crippen LogP contribution in [0.5, 0.6) is 0 Å². The van der Waals surface area contributed by atoms with Crippen molar-refractivity contribution in [1.82, 2.24) is 0 Å². The molecule has 2 heteroatoms. The summed E-state index contributed by atoms with van der Waals surface area (Å²) in [5.41, 5.74) is 0.900. The van der Waals surface area contributed by atoms with Crippen molar-refractivity contribution in [2.45, 2.75) is 32.1 Å². The smallest absolute Gasteiger partial charge is 0.163 e. The first-order chi connectivity index (χ1) is 10.2. The van der Waals surface area contributed by atoms with Gasteiger partial charge in [-0.15, -0.1) is 0 Å². The topological polar surface area (TPSA) is 17.1 Å². The molecule has 2 aliphatic rings. The van der Waals surface area contributed by atoms with E-state index >= 15 is 0 Å². The molecule has 2 fully saturated rings. The van der Waals surface area contributed by atoms with Gasteiger partial charge in [0.1, 0.15) is 0 Å². The predicted octanol–water partition coefficient (Wildman–Crippen LogP) is 5.61. The Morgan fingerprint density at radius 3 is 2.57 bits per heavy atom. The highest BCUT2D eigenvalue weighted by atomic mass is 79.9. The van der Waals surface area contributed by atoms with Crippen molar-refractivity contribution in [3.63, 3.8) is 0 Å². The summed E-state index contributed by atoms with van der Waals surface area (Å²) in [6, 6.07) is 12.2. The average molecular weight is 343 g/mol. The molecule has 3 atom stereocenters. The van der Waals surface area contributed by atoms with Gasteiger partial charge in [0.05, 0.1) is 0 Å². The number of carbonyl (C=O) groups excluding carboxylic acids is 1. The van der Waals surface area contributed by atoms with E-state index in [2.05, 4.69) is 28.1 Å². The van der Waals surface area contributed by atoms with Crippen LogP contribution in [0.3, 0.4) is 0 Å². The van der Waals surface area contributed by atoms with E-state index in [1.807, 2.05) is 24.3 Å². The van der Waals surface area contributed by atoms with Crippen LogP contribution in [0.25, 0.3) is 10.8 Å². The Hall–Kier alpha value is -1.15. The Labute approximate surface area is 133 Å². The van der Waals surface area contributed by atoms with Gasteiger partial charge in [-0.25, -0.2) is 0 Å². The van der Waals surface area contributed by atoms with Gasteiger partial charge >= 0.3 is 0 Å². The Morgan fingerprint density at radius 2 is 1.86 bits per heavy atom. The molecule has 3 unspecified atom stereocenters. The highest BCUT2D eigenvalue weighted by Crippen LogP contribution is 2.49. The molecular weight excluding hydrogens is 324 g/mol. The van der Waals surface area contributed by atoms with Crippen molar-refractivity contribution < 1.29 is 4.79 Å². The molecule has 1 nitrogen and oxygen atoms in total. The zero-order chi connectivity index (χ0) is 14.4. The van der Waals surface area contributed by atoms with E-state index in [-0.39, 0.29) is 0 Å². The summed E-state index contributed by atoms with van der Waals surface area (Å²) in [4.78, 5) is 12.8. The van der Waals surface area contributed by atoms with Crippen LogP contribution in [0.15, 0.2) is 40.9 Å². The molecule has 0 spiro atoms. The highest BCUT2D eigenvalue weighted by molar-refractivity contribution is 9.10. The van der Waals surface area contributed by atoms with E-state index in [1.54, 1.807) is 0 Å². The zero-order valence-corrected chi connectivity index (χ0v) is 13.6.